The van der Waals surface area contributed by atoms with E-state index in [0.717, 1.165) is 193 Å². The van der Waals surface area contributed by atoms with E-state index in [1.165, 1.54) is 12.5 Å². The van der Waals surface area contributed by atoms with Crippen LogP contribution in [0.3, 0.4) is 0 Å². The molecule has 0 spiro atoms. The van der Waals surface area contributed by atoms with Crippen molar-refractivity contribution in [3.63, 3.8) is 0 Å². The summed E-state index contributed by atoms with van der Waals surface area (Å²) in [5, 5.41) is 0. The molecule has 8 aliphatic rings. The molecule has 0 radical (unpaired) electrons. The summed E-state index contributed by atoms with van der Waals surface area (Å²) in [4.78, 5) is 137. The molecule has 12 atom stereocenters. The van der Waals surface area contributed by atoms with Gasteiger partial charge in [-0.2, -0.15) is 0 Å². The largest absolute Gasteiger partial charge is 0.502 e. The first-order valence-corrected chi connectivity index (χ1v) is 55.5. The number of hydrogen-bond acceptors (Lipinski definition) is 28. The Bertz CT molecular complexity index is 3490. The van der Waals surface area contributed by atoms with Gasteiger partial charge in [-0.1, -0.05) is 117 Å². The highest BCUT2D eigenvalue weighted by Crippen LogP contribution is 2.45. The molecule has 8 saturated carbocycles. The smallest absolute Gasteiger partial charge is 0.333 e. The molecule has 0 aromatic heterocycles. The van der Waals surface area contributed by atoms with Crippen molar-refractivity contribution in [2.45, 2.75) is 461 Å². The minimum Gasteiger partial charge on any atom is -0.502 e. The quantitative estimate of drug-likeness (QED) is 0.0179. The third-order valence-corrected chi connectivity index (χ3v) is 30.1. The highest BCUT2D eigenvalue weighted by molar-refractivity contribution is 5.88. The molecule has 28 nitrogen and oxygen atoms in total. The van der Waals surface area contributed by atoms with E-state index in [4.69, 9.17) is 85.3 Å². The maximum Gasteiger partial charge on any atom is 0.333 e. The maximum absolute atomic E-state index is 15.8. The molecular formula is C114H182O28. The average molecular weight is 2000 g/mol. The van der Waals surface area contributed by atoms with Crippen LogP contribution in [0, 0.1) is 47.3 Å². The van der Waals surface area contributed by atoms with Crippen LogP contribution in [-0.2, 0) is 133 Å². The Morgan fingerprint density at radius 3 is 0.676 bits per heavy atom. The van der Waals surface area contributed by atoms with E-state index in [1.54, 1.807) is 27.7 Å². The second-order valence-corrected chi connectivity index (χ2v) is 41.8. The fraction of sp³-hybridized carbons (Fsp3) is 0.807. The van der Waals surface area contributed by atoms with Crippen molar-refractivity contribution in [2.75, 3.05) is 79.3 Å². The molecule has 806 valence electrons. The summed E-state index contributed by atoms with van der Waals surface area (Å²) in [6, 6.07) is 0. The molecule has 0 amide bonds. The summed E-state index contributed by atoms with van der Waals surface area (Å²) in [5.41, 5.74) is 1.53. The lowest BCUT2D eigenvalue weighted by Gasteiger charge is -2.44. The fourth-order valence-corrected chi connectivity index (χ4v) is 21.3. The van der Waals surface area contributed by atoms with E-state index in [1.807, 2.05) is 0 Å². The van der Waals surface area contributed by atoms with Gasteiger partial charge in [0, 0.05) is 74.8 Å². The Labute approximate surface area is 849 Å². The van der Waals surface area contributed by atoms with Gasteiger partial charge in [-0.05, 0) is 309 Å². The van der Waals surface area contributed by atoms with Gasteiger partial charge in [0.15, 0.2) is 0 Å². The van der Waals surface area contributed by atoms with E-state index in [0.29, 0.717) is 243 Å². The van der Waals surface area contributed by atoms with Gasteiger partial charge >= 0.3 is 59.7 Å². The van der Waals surface area contributed by atoms with Crippen LogP contribution in [0.4, 0.5) is 0 Å². The van der Waals surface area contributed by atoms with Crippen LogP contribution in [0.1, 0.15) is 387 Å². The summed E-state index contributed by atoms with van der Waals surface area (Å²) < 4.78 is 111. The molecule has 8 aliphatic carbocycles. The second kappa shape index (κ2) is 70.4. The standard InChI is InChI=1S/C114H182O28/c1-11-125-65-29-17-13-15-19-35-71-131-101-61-49-89(77-103(101)141-113(123)97-79-95(137-109(119)85-41-51-91(52-42-85)127-67-31-21-25-37-73-133-105(115)81(3)4)59-63-99(97)139-111(121)87-45-55-93(56-46-87)129-69-33-23-27-39-75-135-107(117)83(7)8)90-50-62-102(132-72-36-20-16-14-18-30-66-126-12-2)104(78-90)142-114(124)98-80-96(138-110(120)86-43-53-92(54-44-86)128-68-32-22-26-38-74-134-106(116)82(5)6)60-64-100(98)140-112(122)88-47-57-94(58-48-88)130-70-34-24-28-40-76-136-108(118)84(9)10/h11-12,85-104H,1-3,5,7,9,13-80H2,4,6,8,10H3. The minimum absolute atomic E-state index is 0.00362. The van der Waals surface area contributed by atoms with E-state index in [-0.39, 0.29) is 122 Å². The van der Waals surface area contributed by atoms with Gasteiger partial charge in [-0.25, -0.2) is 19.2 Å². The van der Waals surface area contributed by atoms with Gasteiger partial charge < -0.3 is 85.3 Å². The van der Waals surface area contributed by atoms with Crippen LogP contribution >= 0.6 is 0 Å². The van der Waals surface area contributed by atoms with Gasteiger partial charge in [-0.15, -0.1) is 0 Å². The Kier molecular flexibility index (Phi) is 59.3. The summed E-state index contributed by atoms with van der Waals surface area (Å²) in [5.74, 6) is -7.35. The molecule has 0 bridgehead atoms. The fourth-order valence-electron chi connectivity index (χ4n) is 21.3. The normalized spacial score (nSPS) is 26.7. The first-order valence-electron chi connectivity index (χ1n) is 55.5. The van der Waals surface area contributed by atoms with Gasteiger partial charge in [0.25, 0.3) is 0 Å². The Hall–Kier alpha value is -7.50. The third-order valence-electron chi connectivity index (χ3n) is 30.1. The molecule has 8 fully saturated rings. The molecule has 0 saturated heterocycles. The van der Waals surface area contributed by atoms with Crippen molar-refractivity contribution in [2.24, 2.45) is 47.3 Å². The second-order valence-electron chi connectivity index (χ2n) is 41.8. The van der Waals surface area contributed by atoms with Gasteiger partial charge in [0.2, 0.25) is 0 Å². The molecule has 8 rings (SSSR count). The molecule has 0 N–H and O–H groups in total. The lowest BCUT2D eigenvalue weighted by Crippen LogP contribution is -2.48. The molecule has 0 aromatic carbocycles. The topological polar surface area (TPSA) is 337 Å². The van der Waals surface area contributed by atoms with E-state index < -0.39 is 84.4 Å². The van der Waals surface area contributed by atoms with Gasteiger partial charge in [-0.3, -0.25) is 28.8 Å². The Morgan fingerprint density at radius 1 is 0.211 bits per heavy atom. The predicted octanol–water partition coefficient (Wildman–Crippen LogP) is 22.4. The van der Waals surface area contributed by atoms with Crippen LogP contribution in [0.5, 0.6) is 0 Å². The van der Waals surface area contributed by atoms with Gasteiger partial charge in [0.05, 0.1) is 124 Å². The highest BCUT2D eigenvalue weighted by atomic mass is 16.6. The first-order chi connectivity index (χ1) is 68.9. The van der Waals surface area contributed by atoms with Crippen molar-refractivity contribution in [1.82, 2.24) is 0 Å². The Morgan fingerprint density at radius 2 is 0.423 bits per heavy atom. The average Bonchev–Trinajstić information content (AvgIpc) is 0.797. The zero-order valence-electron chi connectivity index (χ0n) is 87.5. The van der Waals surface area contributed by atoms with Crippen LogP contribution in [-0.4, -0.2) is 212 Å². The van der Waals surface area contributed by atoms with Gasteiger partial charge in [0.1, 0.15) is 36.6 Å². The number of unbranched alkanes of at least 4 members (excludes halogenated alkanes) is 22. The number of carbonyl (C=O) groups is 10. The van der Waals surface area contributed by atoms with E-state index in [2.05, 4.69) is 39.5 Å². The number of esters is 10. The molecule has 0 aromatic rings. The molecule has 0 heterocycles. The summed E-state index contributed by atoms with van der Waals surface area (Å²) >= 11 is 0. The van der Waals surface area contributed by atoms with Crippen LogP contribution in [0.2, 0.25) is 0 Å². The monoisotopic (exact) mass is 2000 g/mol. The molecule has 0 aliphatic heterocycles. The van der Waals surface area contributed by atoms with Crippen molar-refractivity contribution >= 4 is 59.7 Å². The van der Waals surface area contributed by atoms with Crippen LogP contribution < -0.4 is 0 Å². The number of hydrogen-bond donors (Lipinski definition) is 0. The maximum atomic E-state index is 15.8. The van der Waals surface area contributed by atoms with E-state index in [9.17, 15) is 38.4 Å². The number of rotatable bonds is 71. The van der Waals surface area contributed by atoms with Crippen molar-refractivity contribution in [1.29, 1.82) is 0 Å². The SMILES string of the molecule is C=COCCCCCCCCOC1CCC(C2CCC(OCCCCCCCCOC=C)C(OC(=O)C3CC(OC(=O)C4CCC(OCCCCCCOC(=O)C(=C)C)CC4)CCC3OC(=O)C3CCC(OCCCCCCOC(=O)C(=C)C)CC3)C2)CC1OC(=O)C1CC(OC(=O)C2CCC(OCCCCCCOC(=O)C(=C)C)CC2)CCC1OC(=O)C1CCC(OCCCCCCOC(=O)C(=C)C)CC1. The Balaban J connectivity index is 0.975. The van der Waals surface area contributed by atoms with Crippen molar-refractivity contribution in [3.8, 4) is 0 Å². The summed E-state index contributed by atoms with van der Waals surface area (Å²) in [7, 11) is 0. The van der Waals surface area contributed by atoms with Crippen molar-refractivity contribution < 1.29 is 133 Å². The zero-order valence-corrected chi connectivity index (χ0v) is 87.5. The molecule has 28 heteroatoms. The minimum atomic E-state index is -0.963. The third kappa shape index (κ3) is 47.1. The zero-order chi connectivity index (χ0) is 102. The molecule has 142 heavy (non-hydrogen) atoms. The highest BCUT2D eigenvalue weighted by Gasteiger charge is 2.49. The molecule has 12 unspecified atom stereocenters. The van der Waals surface area contributed by atoms with E-state index >= 15 is 9.59 Å². The molecular weight excluding hydrogens is 1820 g/mol. The predicted molar refractivity (Wildman–Crippen MR) is 540 cm³/mol. The summed E-state index contributed by atoms with van der Waals surface area (Å²) in [6.45, 7) is 34.5. The van der Waals surface area contributed by atoms with Crippen molar-refractivity contribution in [3.05, 3.63) is 74.3 Å². The summed E-state index contributed by atoms with van der Waals surface area (Å²) in [6.07, 6.45) is 38.5. The number of ether oxygens (including phenoxy) is 18. The lowest BCUT2D eigenvalue weighted by atomic mass is 9.70. The lowest BCUT2D eigenvalue weighted by molar-refractivity contribution is -0.190. The first kappa shape index (κ1) is 120. The van der Waals surface area contributed by atoms with Crippen LogP contribution in [0.15, 0.2) is 74.3 Å². The number of carbonyl (C=O) groups excluding carboxylic acids is 10. The van der Waals surface area contributed by atoms with Crippen LogP contribution in [0.25, 0.3) is 0 Å².